The molecule has 1 aliphatic heterocycles. The van der Waals surface area contributed by atoms with E-state index >= 15 is 0 Å². The SMILES string of the molecule is CN(Cc1ccccc1)C(=O)C[C@H]1CN(C(=O)c2ncccn2)CC[C@@H]1Oc1ccc(Cl)cc1. The van der Waals surface area contributed by atoms with Gasteiger partial charge in [-0.1, -0.05) is 41.9 Å². The number of rotatable bonds is 7. The predicted molar refractivity (Wildman–Crippen MR) is 129 cm³/mol. The fourth-order valence-electron chi connectivity index (χ4n) is 4.11. The van der Waals surface area contributed by atoms with Crippen LogP contribution in [0.25, 0.3) is 0 Å². The third-order valence-electron chi connectivity index (χ3n) is 5.93. The Morgan fingerprint density at radius 2 is 1.76 bits per heavy atom. The molecule has 1 saturated heterocycles. The number of aromatic nitrogens is 2. The molecule has 7 nitrogen and oxygen atoms in total. The molecule has 2 heterocycles. The van der Waals surface area contributed by atoms with Crippen molar-refractivity contribution in [3.05, 3.63) is 89.5 Å². The van der Waals surface area contributed by atoms with Gasteiger partial charge in [0.25, 0.3) is 5.91 Å². The number of likely N-dealkylation sites (tertiary alicyclic amines) is 1. The molecule has 1 aliphatic rings. The molecule has 8 heteroatoms. The van der Waals surface area contributed by atoms with Crippen molar-refractivity contribution in [3.63, 3.8) is 0 Å². The Labute approximate surface area is 204 Å². The fourth-order valence-corrected chi connectivity index (χ4v) is 4.24. The minimum atomic E-state index is -0.236. The number of ether oxygens (including phenoxy) is 1. The Hall–Kier alpha value is -3.45. The molecule has 0 radical (unpaired) electrons. The molecule has 2 aromatic carbocycles. The lowest BCUT2D eigenvalue weighted by Crippen LogP contribution is -2.49. The molecule has 1 fully saturated rings. The van der Waals surface area contributed by atoms with Gasteiger partial charge in [0.05, 0.1) is 0 Å². The second kappa shape index (κ2) is 11.1. The summed E-state index contributed by atoms with van der Waals surface area (Å²) in [5, 5.41) is 0.630. The largest absolute Gasteiger partial charge is 0.490 e. The van der Waals surface area contributed by atoms with Crippen LogP contribution in [0.15, 0.2) is 73.1 Å². The van der Waals surface area contributed by atoms with E-state index in [9.17, 15) is 9.59 Å². The third kappa shape index (κ3) is 6.11. The Morgan fingerprint density at radius 1 is 1.06 bits per heavy atom. The first-order valence-electron chi connectivity index (χ1n) is 11.3. The van der Waals surface area contributed by atoms with Crippen molar-refractivity contribution < 1.29 is 14.3 Å². The standard InChI is InChI=1S/C26H27ClN4O3/c1-30(17-19-6-3-2-4-7-19)24(32)16-20-18-31(26(33)25-28-13-5-14-29-25)15-12-23(20)34-22-10-8-21(27)9-11-22/h2-11,13-14,20,23H,12,15-18H2,1H3/t20-,23-/m0/s1. The van der Waals surface area contributed by atoms with E-state index in [-0.39, 0.29) is 36.1 Å². The first kappa shape index (κ1) is 23.7. The van der Waals surface area contributed by atoms with Gasteiger partial charge in [-0.15, -0.1) is 0 Å². The van der Waals surface area contributed by atoms with Gasteiger partial charge in [0.2, 0.25) is 11.7 Å². The third-order valence-corrected chi connectivity index (χ3v) is 6.19. The van der Waals surface area contributed by atoms with Gasteiger partial charge in [-0.05, 0) is 35.9 Å². The van der Waals surface area contributed by atoms with Crippen LogP contribution in [-0.2, 0) is 11.3 Å². The summed E-state index contributed by atoms with van der Waals surface area (Å²) in [5.41, 5.74) is 1.06. The van der Waals surface area contributed by atoms with Crippen molar-refractivity contribution in [1.29, 1.82) is 0 Å². The molecular formula is C26H27ClN4O3. The van der Waals surface area contributed by atoms with Gasteiger partial charge in [-0.25, -0.2) is 9.97 Å². The Morgan fingerprint density at radius 3 is 2.47 bits per heavy atom. The second-order valence-corrected chi connectivity index (χ2v) is 8.86. The van der Waals surface area contributed by atoms with Gasteiger partial charge in [0, 0.05) is 62.9 Å². The van der Waals surface area contributed by atoms with E-state index in [2.05, 4.69) is 9.97 Å². The number of carbonyl (C=O) groups excluding carboxylic acids is 2. The second-order valence-electron chi connectivity index (χ2n) is 8.42. The molecule has 0 saturated carbocycles. The van der Waals surface area contributed by atoms with Crippen molar-refractivity contribution in [2.45, 2.75) is 25.5 Å². The number of nitrogens with zero attached hydrogens (tertiary/aromatic N) is 4. The molecule has 2 atom stereocenters. The molecule has 176 valence electrons. The van der Waals surface area contributed by atoms with Crippen LogP contribution in [0.5, 0.6) is 5.75 Å². The predicted octanol–water partition coefficient (Wildman–Crippen LogP) is 4.09. The lowest BCUT2D eigenvalue weighted by molar-refractivity contribution is -0.132. The van der Waals surface area contributed by atoms with Crippen LogP contribution in [-0.4, -0.2) is 57.8 Å². The smallest absolute Gasteiger partial charge is 0.291 e. The lowest BCUT2D eigenvalue weighted by Gasteiger charge is -2.38. The van der Waals surface area contributed by atoms with E-state index in [1.54, 1.807) is 47.4 Å². The Balaban J connectivity index is 1.47. The first-order valence-corrected chi connectivity index (χ1v) is 11.6. The zero-order valence-corrected chi connectivity index (χ0v) is 19.8. The monoisotopic (exact) mass is 478 g/mol. The average Bonchev–Trinajstić information content (AvgIpc) is 2.87. The molecule has 1 aromatic heterocycles. The van der Waals surface area contributed by atoms with E-state index < -0.39 is 0 Å². The zero-order chi connectivity index (χ0) is 23.9. The van der Waals surface area contributed by atoms with E-state index in [0.29, 0.717) is 36.8 Å². The quantitative estimate of drug-likeness (QED) is 0.511. The molecule has 34 heavy (non-hydrogen) atoms. The minimum Gasteiger partial charge on any atom is -0.490 e. The fraction of sp³-hybridized carbons (Fsp3) is 0.308. The summed E-state index contributed by atoms with van der Waals surface area (Å²) in [6.45, 7) is 1.41. The summed E-state index contributed by atoms with van der Waals surface area (Å²) in [6, 6.07) is 18.7. The van der Waals surface area contributed by atoms with Crippen molar-refractivity contribution in [2.24, 2.45) is 5.92 Å². The highest BCUT2D eigenvalue weighted by Gasteiger charge is 2.36. The number of piperidine rings is 1. The van der Waals surface area contributed by atoms with Crippen molar-refractivity contribution in [1.82, 2.24) is 19.8 Å². The van der Waals surface area contributed by atoms with Crippen LogP contribution in [0.4, 0.5) is 0 Å². The molecular weight excluding hydrogens is 452 g/mol. The average molecular weight is 479 g/mol. The Bertz CT molecular complexity index is 1100. The number of amides is 2. The molecule has 0 bridgehead atoms. The number of hydrogen-bond donors (Lipinski definition) is 0. The highest BCUT2D eigenvalue weighted by atomic mass is 35.5. The van der Waals surface area contributed by atoms with Crippen molar-refractivity contribution in [2.75, 3.05) is 20.1 Å². The Kier molecular flexibility index (Phi) is 7.75. The molecule has 3 aromatic rings. The molecule has 0 N–H and O–H groups in total. The molecule has 0 aliphatic carbocycles. The number of carbonyl (C=O) groups is 2. The van der Waals surface area contributed by atoms with Gasteiger partial charge < -0.3 is 14.5 Å². The number of halogens is 1. The summed E-state index contributed by atoms with van der Waals surface area (Å²) in [7, 11) is 1.80. The van der Waals surface area contributed by atoms with Crippen LogP contribution >= 0.6 is 11.6 Å². The summed E-state index contributed by atoms with van der Waals surface area (Å²) >= 11 is 6.00. The zero-order valence-electron chi connectivity index (χ0n) is 19.0. The topological polar surface area (TPSA) is 75.6 Å². The molecule has 0 unspecified atom stereocenters. The van der Waals surface area contributed by atoms with Crippen molar-refractivity contribution >= 4 is 23.4 Å². The van der Waals surface area contributed by atoms with Crippen LogP contribution in [0.3, 0.4) is 0 Å². The summed E-state index contributed by atoms with van der Waals surface area (Å²) in [4.78, 5) is 37.7. The maximum Gasteiger partial charge on any atom is 0.291 e. The maximum atomic E-state index is 13.1. The minimum absolute atomic E-state index is 0.00354. The van der Waals surface area contributed by atoms with Gasteiger partial charge >= 0.3 is 0 Å². The number of benzene rings is 2. The van der Waals surface area contributed by atoms with E-state index in [4.69, 9.17) is 16.3 Å². The first-order chi connectivity index (χ1) is 16.5. The van der Waals surface area contributed by atoms with Crippen molar-refractivity contribution in [3.8, 4) is 5.75 Å². The van der Waals surface area contributed by atoms with E-state index in [1.165, 1.54) is 0 Å². The van der Waals surface area contributed by atoms with Gasteiger partial charge in [0.15, 0.2) is 0 Å². The summed E-state index contributed by atoms with van der Waals surface area (Å²) < 4.78 is 6.26. The summed E-state index contributed by atoms with van der Waals surface area (Å²) in [6.07, 6.45) is 3.76. The molecule has 0 spiro atoms. The van der Waals surface area contributed by atoms with Gasteiger partial charge in [0.1, 0.15) is 11.9 Å². The van der Waals surface area contributed by atoms with Gasteiger partial charge in [-0.2, -0.15) is 0 Å². The normalized spacial score (nSPS) is 17.8. The number of hydrogen-bond acceptors (Lipinski definition) is 5. The van der Waals surface area contributed by atoms with Crippen LogP contribution < -0.4 is 4.74 Å². The van der Waals surface area contributed by atoms with Crippen LogP contribution in [0.1, 0.15) is 29.0 Å². The molecule has 4 rings (SSSR count). The van der Waals surface area contributed by atoms with Crippen LogP contribution in [0.2, 0.25) is 5.02 Å². The molecule has 2 amide bonds. The van der Waals surface area contributed by atoms with E-state index in [0.717, 1.165) is 5.56 Å². The van der Waals surface area contributed by atoms with Crippen LogP contribution in [0, 0.1) is 5.92 Å². The van der Waals surface area contributed by atoms with Gasteiger partial charge in [-0.3, -0.25) is 9.59 Å². The highest BCUT2D eigenvalue weighted by Crippen LogP contribution is 2.28. The maximum absolute atomic E-state index is 13.1. The summed E-state index contributed by atoms with van der Waals surface area (Å²) in [5.74, 6) is 0.439. The lowest BCUT2D eigenvalue weighted by atomic mass is 9.90. The highest BCUT2D eigenvalue weighted by molar-refractivity contribution is 6.30. The van der Waals surface area contributed by atoms with E-state index in [1.807, 2.05) is 42.5 Å².